The summed E-state index contributed by atoms with van der Waals surface area (Å²) >= 11 is 0. The molecule has 0 amide bonds. The summed E-state index contributed by atoms with van der Waals surface area (Å²) in [4.78, 5) is 34.1. The third kappa shape index (κ3) is 8.48. The second-order valence-electron chi connectivity index (χ2n) is 12.4. The van der Waals surface area contributed by atoms with Crippen LogP contribution in [0.5, 0.6) is 0 Å². The quantitative estimate of drug-likeness (QED) is 0.180. The van der Waals surface area contributed by atoms with Gasteiger partial charge in [0.1, 0.15) is 17.8 Å². The Bertz CT molecular complexity index is 1110. The van der Waals surface area contributed by atoms with Gasteiger partial charge in [-0.3, -0.25) is 4.79 Å². The predicted octanol–water partition coefficient (Wildman–Crippen LogP) is 5.54. The maximum atomic E-state index is 11.5. The molecule has 0 N–H and O–H groups in total. The van der Waals surface area contributed by atoms with Crippen molar-refractivity contribution in [2.24, 2.45) is 28.0 Å². The minimum absolute atomic E-state index is 0.0646. The van der Waals surface area contributed by atoms with E-state index in [1.165, 1.54) is 12.8 Å². The van der Waals surface area contributed by atoms with Gasteiger partial charge in [-0.05, 0) is 87.0 Å². The van der Waals surface area contributed by atoms with Crippen LogP contribution >= 0.6 is 0 Å². The van der Waals surface area contributed by atoms with E-state index in [1.54, 1.807) is 41.5 Å². The van der Waals surface area contributed by atoms with Gasteiger partial charge < -0.3 is 14.2 Å². The third-order valence-electron chi connectivity index (χ3n) is 7.45. The molecule has 10 heteroatoms. The Morgan fingerprint density at radius 2 is 1.48 bits per heavy atom. The van der Waals surface area contributed by atoms with Crippen molar-refractivity contribution in [2.45, 2.75) is 116 Å². The summed E-state index contributed by atoms with van der Waals surface area (Å²) in [6.07, 6.45) is 5.65. The van der Waals surface area contributed by atoms with Crippen molar-refractivity contribution < 1.29 is 28.6 Å². The Morgan fingerprint density at radius 3 is 1.93 bits per heavy atom. The van der Waals surface area contributed by atoms with E-state index in [0.29, 0.717) is 17.1 Å². The van der Waals surface area contributed by atoms with E-state index in [2.05, 4.69) is 23.4 Å². The fourth-order valence-electron chi connectivity index (χ4n) is 5.12. The highest BCUT2D eigenvalue weighted by Gasteiger charge is 2.63. The van der Waals surface area contributed by atoms with E-state index in [4.69, 9.17) is 24.7 Å². The highest BCUT2D eigenvalue weighted by atomic mass is 16.6. The number of carbonyl (C=O) groups excluding carboxylic acids is 3. The van der Waals surface area contributed by atoms with Crippen molar-refractivity contribution in [3.63, 3.8) is 0 Å². The Balaban J connectivity index is 0.000000215. The number of esters is 3. The van der Waals surface area contributed by atoms with Crippen LogP contribution < -0.4 is 0 Å². The van der Waals surface area contributed by atoms with Gasteiger partial charge in [-0.25, -0.2) is 9.59 Å². The minimum Gasteiger partial charge on any atom is -0.458 e. The van der Waals surface area contributed by atoms with Crippen molar-refractivity contribution >= 4 is 17.9 Å². The molecule has 0 aromatic heterocycles. The summed E-state index contributed by atoms with van der Waals surface area (Å²) < 4.78 is 16.0. The normalized spacial score (nSPS) is 27.2. The molecule has 1 saturated heterocycles. The standard InChI is InChI=1S/C12H14O4.C10H16O2.C8H12N4/c1-5(2)11(13)15-9-6-3-7-8(4-6)12(14)16-10(7)9;1-8(2)9(11)12-10(3)6-4-5-7-10;1-7(2,5-9)11-12-8(3,4)6-10/h6-10H,1,3-4H2,2H3;1,4-7H2,2-3H3;1-4H3. The lowest BCUT2D eigenvalue weighted by atomic mass is 9.88. The molecule has 1 aliphatic heterocycles. The average molecular weight is 555 g/mol. The topological polar surface area (TPSA) is 151 Å². The first-order chi connectivity index (χ1) is 18.4. The van der Waals surface area contributed by atoms with Crippen molar-refractivity contribution in [2.75, 3.05) is 0 Å². The zero-order valence-electron chi connectivity index (χ0n) is 24.8. The molecule has 5 atom stereocenters. The molecule has 4 fully saturated rings. The zero-order chi connectivity index (χ0) is 30.5. The summed E-state index contributed by atoms with van der Waals surface area (Å²) in [6.45, 7) is 19.0. The molecule has 218 valence electrons. The number of ether oxygens (including phenoxy) is 3. The van der Waals surface area contributed by atoms with Crippen LogP contribution in [0.2, 0.25) is 0 Å². The second kappa shape index (κ2) is 12.8. The van der Waals surface area contributed by atoms with Crippen LogP contribution in [0, 0.1) is 40.4 Å². The predicted molar refractivity (Wildman–Crippen MR) is 146 cm³/mol. The van der Waals surface area contributed by atoms with Gasteiger partial charge >= 0.3 is 17.9 Å². The number of nitrogens with zero attached hydrogens (tertiary/aromatic N) is 4. The van der Waals surface area contributed by atoms with E-state index in [1.807, 2.05) is 19.1 Å². The van der Waals surface area contributed by atoms with E-state index in [9.17, 15) is 14.4 Å². The van der Waals surface area contributed by atoms with Gasteiger partial charge in [0.05, 0.1) is 18.1 Å². The lowest BCUT2D eigenvalue weighted by Crippen LogP contribution is -2.36. The van der Waals surface area contributed by atoms with Crippen LogP contribution in [0.1, 0.15) is 87.0 Å². The highest BCUT2D eigenvalue weighted by molar-refractivity contribution is 5.87. The molecule has 3 aliphatic carbocycles. The lowest BCUT2D eigenvalue weighted by Gasteiger charge is -2.25. The number of fused-ring (bicyclic) bond motifs is 1. The van der Waals surface area contributed by atoms with Crippen LogP contribution in [0.3, 0.4) is 0 Å². The smallest absolute Gasteiger partial charge is 0.333 e. The molecule has 4 aliphatic rings. The van der Waals surface area contributed by atoms with E-state index < -0.39 is 11.1 Å². The molecule has 0 radical (unpaired) electrons. The van der Waals surface area contributed by atoms with Gasteiger partial charge in [-0.1, -0.05) is 13.2 Å². The number of hydrogen-bond acceptors (Lipinski definition) is 10. The third-order valence-corrected chi connectivity index (χ3v) is 7.45. The number of azo groups is 1. The Labute approximate surface area is 237 Å². The molecular weight excluding hydrogens is 512 g/mol. The van der Waals surface area contributed by atoms with Gasteiger partial charge in [0.15, 0.2) is 11.1 Å². The molecule has 1 heterocycles. The maximum absolute atomic E-state index is 11.5. The second-order valence-corrected chi connectivity index (χ2v) is 12.4. The van der Waals surface area contributed by atoms with Crippen LogP contribution in [-0.4, -0.2) is 46.8 Å². The number of carbonyl (C=O) groups is 3. The Hall–Kier alpha value is -3.53. The molecule has 4 rings (SSSR count). The maximum Gasteiger partial charge on any atom is 0.333 e. The molecule has 5 unspecified atom stereocenters. The summed E-state index contributed by atoms with van der Waals surface area (Å²) in [7, 11) is 0. The van der Waals surface area contributed by atoms with Gasteiger partial charge in [0.25, 0.3) is 0 Å². The van der Waals surface area contributed by atoms with Crippen molar-refractivity contribution in [1.29, 1.82) is 10.5 Å². The Kier molecular flexibility index (Phi) is 10.4. The molecule has 10 nitrogen and oxygen atoms in total. The highest BCUT2D eigenvalue weighted by Crippen LogP contribution is 2.55. The molecular formula is C30H42N4O6. The summed E-state index contributed by atoms with van der Waals surface area (Å²) in [5.74, 6) is -0.0900. The van der Waals surface area contributed by atoms with E-state index in [0.717, 1.165) is 25.7 Å². The van der Waals surface area contributed by atoms with Crippen molar-refractivity contribution in [3.8, 4) is 12.1 Å². The fraction of sp³-hybridized carbons (Fsp3) is 0.700. The van der Waals surface area contributed by atoms with E-state index >= 15 is 0 Å². The van der Waals surface area contributed by atoms with Gasteiger partial charge in [-0.2, -0.15) is 20.8 Å². The molecule has 0 aromatic rings. The zero-order valence-corrected chi connectivity index (χ0v) is 24.8. The van der Waals surface area contributed by atoms with Gasteiger partial charge in [0.2, 0.25) is 0 Å². The minimum atomic E-state index is -0.839. The monoisotopic (exact) mass is 554 g/mol. The fourth-order valence-corrected chi connectivity index (χ4v) is 5.12. The molecule has 2 bridgehead atoms. The van der Waals surface area contributed by atoms with Crippen LogP contribution in [0.25, 0.3) is 0 Å². The average Bonchev–Trinajstić information content (AvgIpc) is 3.63. The Morgan fingerprint density at radius 1 is 0.975 bits per heavy atom. The van der Waals surface area contributed by atoms with Crippen molar-refractivity contribution in [3.05, 3.63) is 24.3 Å². The van der Waals surface area contributed by atoms with Crippen LogP contribution in [0.15, 0.2) is 34.5 Å². The van der Waals surface area contributed by atoms with Crippen LogP contribution in [-0.2, 0) is 28.6 Å². The van der Waals surface area contributed by atoms with Gasteiger partial charge in [0, 0.05) is 23.0 Å². The first-order valence-electron chi connectivity index (χ1n) is 13.7. The first kappa shape index (κ1) is 32.7. The van der Waals surface area contributed by atoms with Crippen molar-refractivity contribution in [1.82, 2.24) is 0 Å². The van der Waals surface area contributed by atoms with Gasteiger partial charge in [-0.15, -0.1) is 0 Å². The largest absolute Gasteiger partial charge is 0.458 e. The number of nitriles is 2. The number of hydrogen-bond donors (Lipinski definition) is 0. The summed E-state index contributed by atoms with van der Waals surface area (Å²) in [5.41, 5.74) is -1.01. The first-order valence-corrected chi connectivity index (χ1v) is 13.7. The molecule has 0 aromatic carbocycles. The lowest BCUT2D eigenvalue weighted by molar-refractivity contribution is -0.158. The molecule has 40 heavy (non-hydrogen) atoms. The summed E-state index contributed by atoms with van der Waals surface area (Å²) in [5, 5.41) is 24.7. The molecule has 3 saturated carbocycles. The SMILES string of the molecule is C=C(C)C(=O)OC1(C)CCCC1.C=C(C)C(=O)OC1C2CC3C(=O)OC1C3C2.CC(C)(C#N)N=NC(C)(C)C#N. The summed E-state index contributed by atoms with van der Waals surface area (Å²) in [6, 6.07) is 3.94. The van der Waals surface area contributed by atoms with Crippen LogP contribution in [0.4, 0.5) is 0 Å². The molecule has 0 spiro atoms. The van der Waals surface area contributed by atoms with E-state index in [-0.39, 0.29) is 47.6 Å². The number of rotatable bonds is 6.